The summed E-state index contributed by atoms with van der Waals surface area (Å²) in [4.78, 5) is 17.5. The van der Waals surface area contributed by atoms with Gasteiger partial charge in [0, 0.05) is 22.7 Å². The highest BCUT2D eigenvalue weighted by molar-refractivity contribution is 7.99. The third kappa shape index (κ3) is 2.98. The summed E-state index contributed by atoms with van der Waals surface area (Å²) in [7, 11) is 0. The van der Waals surface area contributed by atoms with Crippen LogP contribution in [0.15, 0.2) is 40.7 Å². The first-order valence-electron chi connectivity index (χ1n) is 8.45. The third-order valence-electron chi connectivity index (χ3n) is 4.54. The minimum Gasteiger partial charge on any atom is -0.328 e. The molecule has 0 radical (unpaired) electrons. The van der Waals surface area contributed by atoms with Crippen LogP contribution in [0.4, 0.5) is 5.95 Å². The topological polar surface area (TPSA) is 59.8 Å². The zero-order chi connectivity index (χ0) is 17.6. The Morgan fingerprint density at radius 1 is 1.40 bits per heavy atom. The first-order valence-corrected chi connectivity index (χ1v) is 9.81. The van der Waals surface area contributed by atoms with E-state index in [-0.39, 0.29) is 11.8 Å². The number of ketones is 1. The summed E-state index contributed by atoms with van der Waals surface area (Å²) >= 11 is 7.81. The average Bonchev–Trinajstić information content (AvgIpc) is 2.95. The van der Waals surface area contributed by atoms with Crippen LogP contribution in [0.5, 0.6) is 0 Å². The van der Waals surface area contributed by atoms with Crippen molar-refractivity contribution in [1.82, 2.24) is 14.8 Å². The molecule has 5 nitrogen and oxygen atoms in total. The maximum Gasteiger partial charge on any atom is 0.227 e. The number of halogens is 1. The predicted octanol–water partition coefficient (Wildman–Crippen LogP) is 4.31. The number of hydrogen-bond donors (Lipinski definition) is 1. The van der Waals surface area contributed by atoms with E-state index in [9.17, 15) is 4.79 Å². The molecule has 0 saturated heterocycles. The Balaban J connectivity index is 1.88. The van der Waals surface area contributed by atoms with Gasteiger partial charge >= 0.3 is 0 Å². The molecular weight excluding hydrogens is 356 g/mol. The lowest BCUT2D eigenvalue weighted by Gasteiger charge is -2.34. The average molecular weight is 375 g/mol. The van der Waals surface area contributed by atoms with Gasteiger partial charge in [-0.25, -0.2) is 4.68 Å². The van der Waals surface area contributed by atoms with Crippen LogP contribution in [-0.4, -0.2) is 26.3 Å². The summed E-state index contributed by atoms with van der Waals surface area (Å²) in [6.07, 6.45) is 1.42. The number of benzene rings is 1. The van der Waals surface area contributed by atoms with Crippen LogP contribution >= 0.6 is 23.4 Å². The number of allylic oxidation sites excluding steroid dienone is 2. The van der Waals surface area contributed by atoms with Crippen LogP contribution in [0.2, 0.25) is 5.02 Å². The molecule has 130 valence electrons. The summed E-state index contributed by atoms with van der Waals surface area (Å²) < 4.78 is 1.83. The van der Waals surface area contributed by atoms with Crippen LogP contribution in [0.1, 0.15) is 38.3 Å². The molecule has 0 saturated carbocycles. The molecule has 2 heterocycles. The largest absolute Gasteiger partial charge is 0.328 e. The molecule has 2 aromatic rings. The Hall–Kier alpha value is -1.79. The van der Waals surface area contributed by atoms with Crippen molar-refractivity contribution in [2.75, 3.05) is 11.1 Å². The monoisotopic (exact) mass is 374 g/mol. The van der Waals surface area contributed by atoms with Gasteiger partial charge in [-0.3, -0.25) is 4.79 Å². The summed E-state index contributed by atoms with van der Waals surface area (Å²) in [6, 6.07) is 7.38. The Morgan fingerprint density at radius 2 is 2.24 bits per heavy atom. The highest BCUT2D eigenvalue weighted by atomic mass is 35.5. The first kappa shape index (κ1) is 16.7. The van der Waals surface area contributed by atoms with Gasteiger partial charge in [0.25, 0.3) is 0 Å². The van der Waals surface area contributed by atoms with Crippen LogP contribution in [-0.2, 0) is 4.79 Å². The van der Waals surface area contributed by atoms with Crippen molar-refractivity contribution in [2.24, 2.45) is 5.92 Å². The zero-order valence-electron chi connectivity index (χ0n) is 14.1. The van der Waals surface area contributed by atoms with Crippen LogP contribution in [0, 0.1) is 5.92 Å². The molecule has 1 N–H and O–H groups in total. The minimum absolute atomic E-state index is 0.178. The summed E-state index contributed by atoms with van der Waals surface area (Å²) in [5.41, 5.74) is 2.73. The number of Topliss-reactive ketones (excluding diaryl/α,β-unsaturated/α-hetero) is 1. The molecule has 0 amide bonds. The van der Waals surface area contributed by atoms with Crippen molar-refractivity contribution in [3.8, 4) is 0 Å². The van der Waals surface area contributed by atoms with Gasteiger partial charge in [-0.1, -0.05) is 49.3 Å². The van der Waals surface area contributed by atoms with Crippen LogP contribution < -0.4 is 5.32 Å². The molecule has 2 unspecified atom stereocenters. The van der Waals surface area contributed by atoms with E-state index < -0.39 is 0 Å². The molecule has 1 aromatic carbocycles. The minimum atomic E-state index is -0.274. The van der Waals surface area contributed by atoms with Gasteiger partial charge < -0.3 is 5.32 Å². The van der Waals surface area contributed by atoms with Gasteiger partial charge in [-0.2, -0.15) is 4.98 Å². The number of nitrogens with zero attached hydrogens (tertiary/aromatic N) is 3. The number of fused-ring (bicyclic) bond motifs is 1. The Bertz CT molecular complexity index is 876. The molecule has 0 fully saturated rings. The molecule has 7 heteroatoms. The van der Waals surface area contributed by atoms with E-state index in [0.717, 1.165) is 34.2 Å². The second-order valence-electron chi connectivity index (χ2n) is 6.51. The normalized spacial score (nSPS) is 22.4. The van der Waals surface area contributed by atoms with Gasteiger partial charge in [0.1, 0.15) is 6.04 Å². The van der Waals surface area contributed by atoms with Crippen molar-refractivity contribution in [2.45, 2.75) is 37.9 Å². The molecule has 4 rings (SSSR count). The molecule has 0 spiro atoms. The SMILES string of the molecule is CCSc1nc2n(n1)C(c1cccc(Cl)c1)C1=C(CC(C)CC1=O)N2. The lowest BCUT2D eigenvalue weighted by molar-refractivity contribution is -0.117. The summed E-state index contributed by atoms with van der Waals surface area (Å²) in [5.74, 6) is 2.10. The van der Waals surface area contributed by atoms with Crippen molar-refractivity contribution in [3.63, 3.8) is 0 Å². The molecule has 1 aliphatic heterocycles. The smallest absolute Gasteiger partial charge is 0.227 e. The molecule has 2 aliphatic rings. The number of carbonyl (C=O) groups is 1. The summed E-state index contributed by atoms with van der Waals surface area (Å²) in [5, 5.41) is 9.38. The van der Waals surface area contributed by atoms with Gasteiger partial charge in [-0.05, 0) is 35.8 Å². The number of thioether (sulfide) groups is 1. The molecule has 0 bridgehead atoms. The molecule has 2 atom stereocenters. The number of rotatable bonds is 3. The lowest BCUT2D eigenvalue weighted by Crippen LogP contribution is -2.33. The fourth-order valence-corrected chi connectivity index (χ4v) is 4.32. The van der Waals surface area contributed by atoms with Gasteiger partial charge in [0.2, 0.25) is 11.1 Å². The molecule has 1 aliphatic carbocycles. The second kappa shape index (κ2) is 6.50. The number of carbonyl (C=O) groups excluding carboxylic acids is 1. The number of hydrogen-bond acceptors (Lipinski definition) is 5. The first-order chi connectivity index (χ1) is 12.1. The van der Waals surface area contributed by atoms with E-state index >= 15 is 0 Å². The van der Waals surface area contributed by atoms with Crippen molar-refractivity contribution >= 4 is 35.1 Å². The van der Waals surface area contributed by atoms with Crippen molar-refractivity contribution < 1.29 is 4.79 Å². The van der Waals surface area contributed by atoms with E-state index in [2.05, 4.69) is 29.2 Å². The number of aromatic nitrogens is 3. The standard InChI is InChI=1S/C18H19ClN4OS/c1-3-25-18-21-17-20-13-7-10(2)8-14(24)15(13)16(23(17)22-18)11-5-4-6-12(19)9-11/h4-6,9-10,16H,3,7-8H2,1-2H3,(H,20,21,22). The fourth-order valence-electron chi connectivity index (χ4n) is 3.56. The van der Waals surface area contributed by atoms with Crippen LogP contribution in [0.25, 0.3) is 0 Å². The quantitative estimate of drug-likeness (QED) is 0.811. The van der Waals surface area contributed by atoms with Gasteiger partial charge in [0.15, 0.2) is 5.78 Å². The number of nitrogens with one attached hydrogen (secondary N) is 1. The van der Waals surface area contributed by atoms with E-state index in [1.807, 2.05) is 28.9 Å². The zero-order valence-corrected chi connectivity index (χ0v) is 15.7. The van der Waals surface area contributed by atoms with Crippen LogP contribution in [0.3, 0.4) is 0 Å². The van der Waals surface area contributed by atoms with E-state index in [0.29, 0.717) is 23.3 Å². The Morgan fingerprint density at radius 3 is 3.00 bits per heavy atom. The fraction of sp³-hybridized carbons (Fsp3) is 0.389. The summed E-state index contributed by atoms with van der Waals surface area (Å²) in [6.45, 7) is 4.18. The second-order valence-corrected chi connectivity index (χ2v) is 8.17. The van der Waals surface area contributed by atoms with E-state index in [1.54, 1.807) is 11.8 Å². The van der Waals surface area contributed by atoms with Gasteiger partial charge in [-0.15, -0.1) is 5.10 Å². The Kier molecular flexibility index (Phi) is 4.33. The maximum atomic E-state index is 12.9. The van der Waals surface area contributed by atoms with Crippen molar-refractivity contribution in [3.05, 3.63) is 46.1 Å². The van der Waals surface area contributed by atoms with Crippen molar-refractivity contribution in [1.29, 1.82) is 0 Å². The van der Waals surface area contributed by atoms with E-state index in [4.69, 9.17) is 11.6 Å². The molecule has 1 aromatic heterocycles. The molecule has 25 heavy (non-hydrogen) atoms. The third-order valence-corrected chi connectivity index (χ3v) is 5.50. The highest BCUT2D eigenvalue weighted by Crippen LogP contribution is 2.42. The molecular formula is C18H19ClN4OS. The van der Waals surface area contributed by atoms with Gasteiger partial charge in [0.05, 0.1) is 0 Å². The van der Waals surface area contributed by atoms with E-state index in [1.165, 1.54) is 0 Å². The lowest BCUT2D eigenvalue weighted by atomic mass is 9.81. The predicted molar refractivity (Wildman–Crippen MR) is 100 cm³/mol. The Labute approximate surface area is 155 Å². The highest BCUT2D eigenvalue weighted by Gasteiger charge is 2.38. The maximum absolute atomic E-state index is 12.9. The number of anilines is 1.